The molecule has 0 bridgehead atoms. The molecule has 4 N–H and O–H groups in total. The molecule has 0 spiro atoms. The largest absolute Gasteiger partial charge is 0.489 e. The van der Waals surface area contributed by atoms with Gasteiger partial charge in [-0.15, -0.1) is 0 Å². The first-order valence-corrected chi connectivity index (χ1v) is 14.7. The fourth-order valence-electron chi connectivity index (χ4n) is 5.42. The summed E-state index contributed by atoms with van der Waals surface area (Å²) in [6.07, 6.45) is -2.36. The van der Waals surface area contributed by atoms with Crippen molar-refractivity contribution >= 4 is 34.3 Å². The van der Waals surface area contributed by atoms with Crippen LogP contribution in [0.15, 0.2) is 54.7 Å². The second-order valence-electron chi connectivity index (χ2n) is 11.4. The SMILES string of the molecule is CC[C@]1(C(N)=O)COc2c1cc([C@@](O)(CNC(=O)c1cc(OC3CC3)c3ncc(Cl)cc3c1)C(F)(F)F)nc2-c1ccc(F)cc1. The van der Waals surface area contributed by atoms with Crippen LogP contribution in [0.25, 0.3) is 22.2 Å². The molecule has 4 aromatic rings. The number of carbonyl (C=O) groups is 2. The molecule has 0 radical (unpaired) electrons. The molecule has 46 heavy (non-hydrogen) atoms. The summed E-state index contributed by atoms with van der Waals surface area (Å²) in [5.74, 6) is -2.16. The van der Waals surface area contributed by atoms with E-state index in [0.717, 1.165) is 31.0 Å². The Hall–Kier alpha value is -4.49. The third-order valence-corrected chi connectivity index (χ3v) is 8.54. The van der Waals surface area contributed by atoms with E-state index in [0.29, 0.717) is 10.9 Å². The van der Waals surface area contributed by atoms with Crippen LogP contribution in [-0.2, 0) is 15.8 Å². The lowest BCUT2D eigenvalue weighted by atomic mass is 9.78. The maximum Gasteiger partial charge on any atom is 0.424 e. The highest BCUT2D eigenvalue weighted by Gasteiger charge is 2.58. The molecule has 2 aliphatic rings. The first kappa shape index (κ1) is 31.5. The van der Waals surface area contributed by atoms with Crippen LogP contribution < -0.4 is 20.5 Å². The third kappa shape index (κ3) is 5.47. The zero-order valence-corrected chi connectivity index (χ0v) is 25.0. The predicted octanol–water partition coefficient (Wildman–Crippen LogP) is 5.34. The molecular weight excluding hydrogens is 632 g/mol. The quantitative estimate of drug-likeness (QED) is 0.207. The number of benzene rings is 2. The number of fused-ring (bicyclic) bond motifs is 2. The second kappa shape index (κ2) is 11.4. The van der Waals surface area contributed by atoms with E-state index < -0.39 is 47.1 Å². The van der Waals surface area contributed by atoms with E-state index in [9.17, 15) is 32.3 Å². The highest BCUT2D eigenvalue weighted by atomic mass is 35.5. The number of alkyl halides is 3. The van der Waals surface area contributed by atoms with E-state index in [2.05, 4.69) is 15.3 Å². The average molecular weight is 659 g/mol. The van der Waals surface area contributed by atoms with Gasteiger partial charge in [0.25, 0.3) is 5.91 Å². The normalized spacial score (nSPS) is 18.8. The lowest BCUT2D eigenvalue weighted by Gasteiger charge is -2.32. The molecule has 2 amide bonds. The number of aromatic nitrogens is 2. The number of nitrogens with two attached hydrogens (primary N) is 1. The molecule has 1 saturated carbocycles. The van der Waals surface area contributed by atoms with Crippen molar-refractivity contribution in [2.24, 2.45) is 5.73 Å². The van der Waals surface area contributed by atoms with Gasteiger partial charge in [-0.25, -0.2) is 9.37 Å². The monoisotopic (exact) mass is 658 g/mol. The first-order valence-electron chi connectivity index (χ1n) is 14.3. The Balaban J connectivity index is 1.42. The van der Waals surface area contributed by atoms with Crippen LogP contribution >= 0.6 is 11.6 Å². The third-order valence-electron chi connectivity index (χ3n) is 8.34. The standard InChI is InChI=1S/C32H27ClF4N4O5/c1-2-30(29(38)43)15-45-27-22(30)12-24(41-26(27)16-3-5-20(34)6-4-16)31(44,32(35,36)37)14-40-28(42)18-9-17-10-19(33)13-39-25(17)23(11-18)46-21-7-8-21/h3-6,9-13,21,44H,2,7-8,14-15H2,1H3,(H2,38,43)(H,40,42)/t30-,31-/m0/s1. The minimum atomic E-state index is -5.37. The molecule has 0 unspecified atom stereocenters. The van der Waals surface area contributed by atoms with Crippen LogP contribution in [0.2, 0.25) is 5.02 Å². The van der Waals surface area contributed by atoms with E-state index in [1.807, 2.05) is 0 Å². The lowest BCUT2D eigenvalue weighted by Crippen LogP contribution is -2.52. The Morgan fingerprint density at radius 3 is 2.52 bits per heavy atom. The second-order valence-corrected chi connectivity index (χ2v) is 11.8. The number of carbonyl (C=O) groups excluding carboxylic acids is 2. The fourth-order valence-corrected chi connectivity index (χ4v) is 5.58. The molecule has 3 heterocycles. The van der Waals surface area contributed by atoms with Gasteiger partial charge < -0.3 is 25.6 Å². The maximum atomic E-state index is 14.8. The van der Waals surface area contributed by atoms with E-state index in [1.54, 1.807) is 13.0 Å². The van der Waals surface area contributed by atoms with Crippen molar-refractivity contribution < 1.29 is 41.7 Å². The molecule has 14 heteroatoms. The highest BCUT2D eigenvalue weighted by molar-refractivity contribution is 6.31. The van der Waals surface area contributed by atoms with E-state index in [1.165, 1.54) is 30.5 Å². The number of aliphatic hydroxyl groups is 1. The van der Waals surface area contributed by atoms with Gasteiger partial charge in [0, 0.05) is 28.3 Å². The van der Waals surface area contributed by atoms with Crippen LogP contribution in [-0.4, -0.2) is 52.3 Å². The first-order chi connectivity index (χ1) is 21.8. The van der Waals surface area contributed by atoms with Crippen LogP contribution in [0.4, 0.5) is 17.6 Å². The summed E-state index contributed by atoms with van der Waals surface area (Å²) >= 11 is 6.09. The number of halogens is 5. The van der Waals surface area contributed by atoms with Crippen molar-refractivity contribution in [2.45, 2.75) is 49.5 Å². The summed E-state index contributed by atoms with van der Waals surface area (Å²) in [5.41, 5.74) is -0.138. The summed E-state index contributed by atoms with van der Waals surface area (Å²) in [4.78, 5) is 34.4. The Kier molecular flexibility index (Phi) is 7.80. The zero-order chi connectivity index (χ0) is 33.0. The average Bonchev–Trinajstić information content (AvgIpc) is 3.75. The van der Waals surface area contributed by atoms with Crippen molar-refractivity contribution in [3.8, 4) is 22.8 Å². The van der Waals surface area contributed by atoms with E-state index >= 15 is 0 Å². The van der Waals surface area contributed by atoms with Crippen LogP contribution in [0.1, 0.15) is 47.8 Å². The number of primary amides is 1. The molecule has 6 rings (SSSR count). The van der Waals surface area contributed by atoms with Gasteiger partial charge in [-0.05, 0) is 67.8 Å². The molecule has 1 aliphatic carbocycles. The lowest BCUT2D eigenvalue weighted by molar-refractivity contribution is -0.265. The number of nitrogens with one attached hydrogen (secondary N) is 1. The minimum Gasteiger partial charge on any atom is -0.489 e. The van der Waals surface area contributed by atoms with Crippen LogP contribution in [0.3, 0.4) is 0 Å². The maximum absolute atomic E-state index is 14.8. The van der Waals surface area contributed by atoms with E-state index in [-0.39, 0.29) is 58.0 Å². The van der Waals surface area contributed by atoms with Gasteiger partial charge >= 0.3 is 6.18 Å². The summed E-state index contributed by atoms with van der Waals surface area (Å²) < 4.78 is 69.9. The Bertz CT molecular complexity index is 1870. The van der Waals surface area contributed by atoms with Crippen molar-refractivity contribution in [2.75, 3.05) is 13.2 Å². The van der Waals surface area contributed by atoms with Crippen molar-refractivity contribution in [1.29, 1.82) is 0 Å². The van der Waals surface area contributed by atoms with Crippen molar-refractivity contribution in [1.82, 2.24) is 15.3 Å². The fraction of sp³-hybridized carbons (Fsp3) is 0.312. The van der Waals surface area contributed by atoms with Gasteiger partial charge in [0.1, 0.15) is 40.5 Å². The molecule has 1 fully saturated rings. The Labute approximate surface area is 264 Å². The van der Waals surface area contributed by atoms with Gasteiger partial charge in [0.2, 0.25) is 11.5 Å². The number of amides is 2. The molecule has 9 nitrogen and oxygen atoms in total. The molecule has 2 aromatic heterocycles. The zero-order valence-electron chi connectivity index (χ0n) is 24.3. The number of ether oxygens (including phenoxy) is 2. The van der Waals surface area contributed by atoms with Crippen LogP contribution in [0.5, 0.6) is 11.5 Å². The number of rotatable bonds is 9. The molecule has 2 atom stereocenters. The smallest absolute Gasteiger partial charge is 0.424 e. The minimum absolute atomic E-state index is 0.0124. The number of nitrogens with zero attached hydrogens (tertiary/aromatic N) is 2. The predicted molar refractivity (Wildman–Crippen MR) is 159 cm³/mol. The van der Waals surface area contributed by atoms with Gasteiger partial charge in [-0.1, -0.05) is 18.5 Å². The summed E-state index contributed by atoms with van der Waals surface area (Å²) in [5, 5.41) is 14.2. The summed E-state index contributed by atoms with van der Waals surface area (Å²) in [6, 6.07) is 9.94. The molecular formula is C32H27ClF4N4O5. The van der Waals surface area contributed by atoms with Crippen molar-refractivity contribution in [3.63, 3.8) is 0 Å². The van der Waals surface area contributed by atoms with Gasteiger partial charge in [-0.3, -0.25) is 14.6 Å². The van der Waals surface area contributed by atoms with Gasteiger partial charge in [0.15, 0.2) is 0 Å². The number of hydrogen-bond acceptors (Lipinski definition) is 7. The van der Waals surface area contributed by atoms with Crippen molar-refractivity contribution in [3.05, 3.63) is 82.4 Å². The summed E-state index contributed by atoms with van der Waals surface area (Å²) in [7, 11) is 0. The van der Waals surface area contributed by atoms with Crippen LogP contribution in [0, 0.1) is 5.82 Å². The molecule has 0 saturated heterocycles. The van der Waals surface area contributed by atoms with Gasteiger partial charge in [-0.2, -0.15) is 13.2 Å². The molecule has 1 aliphatic heterocycles. The molecule has 2 aromatic carbocycles. The number of pyridine rings is 2. The number of hydrogen-bond donors (Lipinski definition) is 3. The van der Waals surface area contributed by atoms with E-state index in [4.69, 9.17) is 26.8 Å². The topological polar surface area (TPSA) is 137 Å². The Morgan fingerprint density at radius 1 is 1.17 bits per heavy atom. The summed E-state index contributed by atoms with van der Waals surface area (Å²) in [6.45, 7) is -0.0174. The Morgan fingerprint density at radius 2 is 1.89 bits per heavy atom. The highest BCUT2D eigenvalue weighted by Crippen LogP contribution is 2.49. The van der Waals surface area contributed by atoms with Gasteiger partial charge in [0.05, 0.1) is 23.4 Å². The molecule has 240 valence electrons.